The van der Waals surface area contributed by atoms with Gasteiger partial charge in [-0.15, -0.1) is 0 Å². The molecule has 0 saturated heterocycles. The number of quaternary nitrogens is 1. The first kappa shape index (κ1) is 21.1. The van der Waals surface area contributed by atoms with Crippen LogP contribution < -0.4 is 10.2 Å². The van der Waals surface area contributed by atoms with Crippen molar-refractivity contribution in [1.29, 1.82) is 0 Å². The number of hydrogen-bond acceptors (Lipinski definition) is 2. The highest BCUT2D eigenvalue weighted by Gasteiger charge is 2.35. The zero-order valence-corrected chi connectivity index (χ0v) is 17.7. The first-order chi connectivity index (χ1) is 13.9. The molecule has 0 aliphatic heterocycles. The van der Waals surface area contributed by atoms with Crippen molar-refractivity contribution in [2.45, 2.75) is 39.3 Å². The molecule has 3 rings (SSSR count). The number of carbonyl (C=O) groups is 2. The molecule has 1 fully saturated rings. The van der Waals surface area contributed by atoms with Crippen LogP contribution in [0.25, 0.3) is 0 Å². The molecule has 0 radical (unpaired) electrons. The molecule has 2 aromatic rings. The Morgan fingerprint density at radius 2 is 1.72 bits per heavy atom. The SMILES string of the molecule is Cc1ccc(NC(=O)C[NH+](C)CC(=O)N(Cc2ccccc2)[C@@H](C)C2CC2)cc1. The van der Waals surface area contributed by atoms with E-state index < -0.39 is 0 Å². The summed E-state index contributed by atoms with van der Waals surface area (Å²) in [5.41, 5.74) is 3.08. The fourth-order valence-electron chi connectivity index (χ4n) is 3.61. The highest BCUT2D eigenvalue weighted by molar-refractivity contribution is 5.91. The molecular weight excluding hydrogens is 362 g/mol. The van der Waals surface area contributed by atoms with Gasteiger partial charge >= 0.3 is 0 Å². The smallest absolute Gasteiger partial charge is 0.279 e. The Balaban J connectivity index is 1.56. The van der Waals surface area contributed by atoms with E-state index in [2.05, 4.69) is 24.4 Å². The average molecular weight is 395 g/mol. The number of nitrogens with zero attached hydrogens (tertiary/aromatic N) is 1. The molecule has 0 heterocycles. The van der Waals surface area contributed by atoms with Gasteiger partial charge in [0.15, 0.2) is 13.1 Å². The Morgan fingerprint density at radius 3 is 2.34 bits per heavy atom. The van der Waals surface area contributed by atoms with Gasteiger partial charge in [-0.2, -0.15) is 0 Å². The van der Waals surface area contributed by atoms with Crippen LogP contribution in [0.2, 0.25) is 0 Å². The third-order valence-corrected chi connectivity index (χ3v) is 5.56. The van der Waals surface area contributed by atoms with E-state index in [-0.39, 0.29) is 24.4 Å². The maximum Gasteiger partial charge on any atom is 0.279 e. The minimum absolute atomic E-state index is 0.0796. The molecule has 0 aromatic heterocycles. The van der Waals surface area contributed by atoms with Crippen molar-refractivity contribution >= 4 is 17.5 Å². The van der Waals surface area contributed by atoms with E-state index in [1.807, 2.05) is 61.3 Å². The summed E-state index contributed by atoms with van der Waals surface area (Å²) in [6.45, 7) is 5.36. The molecule has 29 heavy (non-hydrogen) atoms. The number of benzene rings is 2. The zero-order valence-electron chi connectivity index (χ0n) is 17.7. The van der Waals surface area contributed by atoms with Gasteiger partial charge < -0.3 is 15.1 Å². The molecule has 1 aliphatic carbocycles. The molecular formula is C24H32N3O2+. The van der Waals surface area contributed by atoms with E-state index in [4.69, 9.17) is 0 Å². The maximum absolute atomic E-state index is 13.1. The molecule has 1 saturated carbocycles. The number of aryl methyl sites for hydroxylation is 1. The molecule has 154 valence electrons. The third kappa shape index (κ3) is 6.43. The van der Waals surface area contributed by atoms with Crippen LogP contribution in [0.15, 0.2) is 54.6 Å². The molecule has 0 bridgehead atoms. The van der Waals surface area contributed by atoms with Crippen LogP contribution in [0.4, 0.5) is 5.69 Å². The second-order valence-electron chi connectivity index (χ2n) is 8.31. The maximum atomic E-state index is 13.1. The van der Waals surface area contributed by atoms with Gasteiger partial charge in [-0.3, -0.25) is 9.59 Å². The largest absolute Gasteiger partial charge is 0.331 e. The summed E-state index contributed by atoms with van der Waals surface area (Å²) in [6, 6.07) is 18.1. The number of rotatable bonds is 9. The predicted octanol–water partition coefficient (Wildman–Crippen LogP) is 2.28. The summed E-state index contributed by atoms with van der Waals surface area (Å²) in [5.74, 6) is 0.630. The molecule has 2 atom stereocenters. The zero-order chi connectivity index (χ0) is 20.8. The highest BCUT2D eigenvalue weighted by Crippen LogP contribution is 2.35. The van der Waals surface area contributed by atoms with E-state index in [0.717, 1.165) is 21.7 Å². The molecule has 2 amide bonds. The Bertz CT molecular complexity index is 816. The molecule has 5 heteroatoms. The summed E-state index contributed by atoms with van der Waals surface area (Å²) in [4.78, 5) is 28.3. The Hall–Kier alpha value is -2.66. The van der Waals surface area contributed by atoms with E-state index >= 15 is 0 Å². The lowest BCUT2D eigenvalue weighted by Crippen LogP contribution is -3.11. The lowest BCUT2D eigenvalue weighted by atomic mass is 10.1. The fourth-order valence-corrected chi connectivity index (χ4v) is 3.61. The van der Waals surface area contributed by atoms with E-state index in [9.17, 15) is 9.59 Å². The van der Waals surface area contributed by atoms with Gasteiger partial charge in [0.05, 0.1) is 7.05 Å². The van der Waals surface area contributed by atoms with Crippen molar-refractivity contribution in [1.82, 2.24) is 4.90 Å². The fraction of sp³-hybridized carbons (Fsp3) is 0.417. The van der Waals surface area contributed by atoms with Crippen molar-refractivity contribution in [2.75, 3.05) is 25.5 Å². The van der Waals surface area contributed by atoms with E-state index in [1.165, 1.54) is 12.8 Å². The van der Waals surface area contributed by atoms with Crippen LogP contribution in [-0.2, 0) is 16.1 Å². The van der Waals surface area contributed by atoms with Crippen LogP contribution in [0, 0.1) is 12.8 Å². The van der Waals surface area contributed by atoms with Crippen LogP contribution >= 0.6 is 0 Å². The number of hydrogen-bond donors (Lipinski definition) is 2. The number of amides is 2. The third-order valence-electron chi connectivity index (χ3n) is 5.56. The van der Waals surface area contributed by atoms with Crippen LogP contribution in [0.5, 0.6) is 0 Å². The van der Waals surface area contributed by atoms with Gasteiger partial charge in [0.1, 0.15) is 0 Å². The number of anilines is 1. The lowest BCUT2D eigenvalue weighted by Gasteiger charge is -2.30. The normalized spacial score (nSPS) is 15.4. The predicted molar refractivity (Wildman–Crippen MR) is 116 cm³/mol. The van der Waals surface area contributed by atoms with Gasteiger partial charge in [0, 0.05) is 18.3 Å². The van der Waals surface area contributed by atoms with Crippen molar-refractivity contribution in [3.05, 3.63) is 65.7 Å². The van der Waals surface area contributed by atoms with Crippen LogP contribution in [-0.4, -0.2) is 42.9 Å². The molecule has 1 aliphatic rings. The summed E-state index contributed by atoms with van der Waals surface area (Å²) >= 11 is 0. The average Bonchev–Trinajstić information content (AvgIpc) is 3.53. The minimum atomic E-state index is -0.0796. The van der Waals surface area contributed by atoms with Crippen molar-refractivity contribution < 1.29 is 14.5 Å². The first-order valence-corrected chi connectivity index (χ1v) is 10.4. The van der Waals surface area contributed by atoms with Crippen molar-refractivity contribution in [2.24, 2.45) is 5.92 Å². The van der Waals surface area contributed by atoms with Crippen LogP contribution in [0.1, 0.15) is 30.9 Å². The van der Waals surface area contributed by atoms with Crippen molar-refractivity contribution in [3.8, 4) is 0 Å². The van der Waals surface area contributed by atoms with Gasteiger partial charge in [0.2, 0.25) is 0 Å². The standard InChI is InChI=1S/C24H31N3O2/c1-18-9-13-22(14-10-18)25-23(28)16-26(3)17-24(29)27(19(2)21-11-12-21)15-20-7-5-4-6-8-20/h4-10,13-14,19,21H,11-12,15-17H2,1-3H3,(H,25,28)/p+1/t19-/m0/s1. The highest BCUT2D eigenvalue weighted by atomic mass is 16.2. The topological polar surface area (TPSA) is 53.9 Å². The number of carbonyl (C=O) groups excluding carboxylic acids is 2. The number of likely N-dealkylation sites (N-methyl/N-ethyl adjacent to an activating group) is 1. The molecule has 5 nitrogen and oxygen atoms in total. The second kappa shape index (κ2) is 9.70. The van der Waals surface area contributed by atoms with Gasteiger partial charge in [-0.1, -0.05) is 48.0 Å². The van der Waals surface area contributed by atoms with Gasteiger partial charge in [-0.05, 0) is 50.3 Å². The quantitative estimate of drug-likeness (QED) is 0.686. The molecule has 2 N–H and O–H groups in total. The summed E-state index contributed by atoms with van der Waals surface area (Å²) in [7, 11) is 1.90. The second-order valence-corrected chi connectivity index (χ2v) is 8.31. The number of nitrogens with one attached hydrogen (secondary N) is 2. The Kier molecular flexibility index (Phi) is 7.04. The van der Waals surface area contributed by atoms with Gasteiger partial charge in [0.25, 0.3) is 11.8 Å². The summed E-state index contributed by atoms with van der Waals surface area (Å²) < 4.78 is 0. The molecule has 2 aromatic carbocycles. The lowest BCUT2D eigenvalue weighted by molar-refractivity contribution is -0.862. The Labute approximate surface area is 173 Å². The first-order valence-electron chi connectivity index (χ1n) is 10.4. The summed E-state index contributed by atoms with van der Waals surface area (Å²) in [5, 5.41) is 2.91. The van der Waals surface area contributed by atoms with E-state index in [1.54, 1.807) is 0 Å². The van der Waals surface area contributed by atoms with E-state index in [0.29, 0.717) is 19.0 Å². The van der Waals surface area contributed by atoms with Crippen LogP contribution in [0.3, 0.4) is 0 Å². The minimum Gasteiger partial charge on any atom is -0.331 e. The van der Waals surface area contributed by atoms with Crippen molar-refractivity contribution in [3.63, 3.8) is 0 Å². The molecule has 1 unspecified atom stereocenters. The molecule has 0 spiro atoms. The summed E-state index contributed by atoms with van der Waals surface area (Å²) in [6.07, 6.45) is 2.39. The Morgan fingerprint density at radius 1 is 1.07 bits per heavy atom. The van der Waals surface area contributed by atoms with Gasteiger partial charge in [-0.25, -0.2) is 0 Å². The monoisotopic (exact) mass is 394 g/mol.